The van der Waals surface area contributed by atoms with Gasteiger partial charge in [0, 0.05) is 12.6 Å². The lowest BCUT2D eigenvalue weighted by molar-refractivity contribution is 0.0767. The second-order valence-corrected chi connectivity index (χ2v) is 3.28. The summed E-state index contributed by atoms with van der Waals surface area (Å²) < 4.78 is 31.0. The Morgan fingerprint density at radius 1 is 1.21 bits per heavy atom. The minimum atomic E-state index is -0.549. The highest BCUT2D eigenvalue weighted by molar-refractivity contribution is 5.21. The van der Waals surface area contributed by atoms with Crippen molar-refractivity contribution in [2.24, 2.45) is 0 Å². The van der Waals surface area contributed by atoms with E-state index in [1.165, 1.54) is 12.1 Å². The molecule has 1 aromatic carbocycles. The summed E-state index contributed by atoms with van der Waals surface area (Å²) in [5.74, 6) is -1.10. The third-order valence-corrected chi connectivity index (χ3v) is 2.21. The van der Waals surface area contributed by atoms with Crippen LogP contribution in [0.25, 0.3) is 0 Å². The minimum Gasteiger partial charge on any atom is -0.378 e. The van der Waals surface area contributed by atoms with Crippen LogP contribution in [0, 0.1) is 11.6 Å². The smallest absolute Gasteiger partial charge is 0.126 e. The Morgan fingerprint density at radius 3 is 2.50 bits per heavy atom. The van der Waals surface area contributed by atoms with Crippen molar-refractivity contribution in [3.63, 3.8) is 0 Å². The Morgan fingerprint density at radius 2 is 1.93 bits per heavy atom. The van der Waals surface area contributed by atoms with E-state index in [1.807, 2.05) is 0 Å². The van der Waals surface area contributed by atoms with Gasteiger partial charge in [-0.2, -0.15) is 0 Å². The maximum absolute atomic E-state index is 12.9. The van der Waals surface area contributed by atoms with Gasteiger partial charge in [0.05, 0.1) is 19.3 Å². The third-order valence-electron chi connectivity index (χ3n) is 2.21. The molecule has 0 aromatic heterocycles. The molecule has 14 heavy (non-hydrogen) atoms. The Hall–Kier alpha value is -1.00. The van der Waals surface area contributed by atoms with Crippen LogP contribution in [0.3, 0.4) is 0 Å². The lowest BCUT2D eigenvalue weighted by Crippen LogP contribution is -2.34. The van der Waals surface area contributed by atoms with Gasteiger partial charge in [0.1, 0.15) is 11.6 Å². The van der Waals surface area contributed by atoms with Gasteiger partial charge >= 0.3 is 0 Å². The molecule has 0 saturated carbocycles. The number of morpholine rings is 1. The summed E-state index contributed by atoms with van der Waals surface area (Å²) in [7, 11) is 0. The molecule has 76 valence electrons. The van der Waals surface area contributed by atoms with Crippen LogP contribution in [0.15, 0.2) is 18.2 Å². The number of ether oxygens (including phenoxy) is 1. The first kappa shape index (κ1) is 9.55. The molecule has 0 spiro atoms. The van der Waals surface area contributed by atoms with Gasteiger partial charge in [-0.05, 0) is 17.7 Å². The number of hydrogen-bond donors (Lipinski definition) is 1. The molecule has 0 amide bonds. The van der Waals surface area contributed by atoms with E-state index in [9.17, 15) is 8.78 Å². The maximum atomic E-state index is 12.9. The summed E-state index contributed by atoms with van der Waals surface area (Å²) in [4.78, 5) is 0. The van der Waals surface area contributed by atoms with Crippen molar-refractivity contribution < 1.29 is 13.5 Å². The van der Waals surface area contributed by atoms with E-state index in [2.05, 4.69) is 5.32 Å². The zero-order valence-corrected chi connectivity index (χ0v) is 7.59. The largest absolute Gasteiger partial charge is 0.378 e. The van der Waals surface area contributed by atoms with E-state index < -0.39 is 11.6 Å². The highest BCUT2D eigenvalue weighted by Gasteiger charge is 2.16. The second kappa shape index (κ2) is 4.02. The van der Waals surface area contributed by atoms with E-state index in [-0.39, 0.29) is 6.04 Å². The van der Waals surface area contributed by atoms with Crippen molar-refractivity contribution in [1.29, 1.82) is 0 Å². The fraction of sp³-hybridized carbons (Fsp3) is 0.400. The van der Waals surface area contributed by atoms with Crippen molar-refractivity contribution in [3.05, 3.63) is 35.4 Å². The van der Waals surface area contributed by atoms with Crippen LogP contribution in [-0.2, 0) is 4.74 Å². The fourth-order valence-electron chi connectivity index (χ4n) is 1.56. The molecule has 1 atom stereocenters. The van der Waals surface area contributed by atoms with E-state index >= 15 is 0 Å². The van der Waals surface area contributed by atoms with Gasteiger partial charge in [0.2, 0.25) is 0 Å². The summed E-state index contributed by atoms with van der Waals surface area (Å²) in [5, 5.41) is 3.13. The Labute approximate surface area is 80.9 Å². The summed E-state index contributed by atoms with van der Waals surface area (Å²) >= 11 is 0. The predicted octanol–water partition coefficient (Wildman–Crippen LogP) is 1.63. The Balaban J connectivity index is 2.21. The van der Waals surface area contributed by atoms with Crippen LogP contribution in [0.4, 0.5) is 8.78 Å². The topological polar surface area (TPSA) is 21.3 Å². The summed E-state index contributed by atoms with van der Waals surface area (Å²) in [6.45, 7) is 1.82. The molecule has 1 aliphatic rings. The monoisotopic (exact) mass is 199 g/mol. The minimum absolute atomic E-state index is 0.103. The lowest BCUT2D eigenvalue weighted by atomic mass is 10.1. The summed E-state index contributed by atoms with van der Waals surface area (Å²) in [5.41, 5.74) is 0.599. The molecule has 0 unspecified atom stereocenters. The SMILES string of the molecule is Fc1cc(F)cc([C@@H]2COCCN2)c1. The van der Waals surface area contributed by atoms with E-state index in [4.69, 9.17) is 4.74 Å². The number of benzene rings is 1. The highest BCUT2D eigenvalue weighted by atomic mass is 19.1. The van der Waals surface area contributed by atoms with Crippen molar-refractivity contribution in [2.45, 2.75) is 6.04 Å². The Bertz CT molecular complexity index is 304. The molecule has 2 rings (SSSR count). The molecule has 1 heterocycles. The van der Waals surface area contributed by atoms with E-state index in [0.717, 1.165) is 6.07 Å². The summed E-state index contributed by atoms with van der Waals surface area (Å²) in [6.07, 6.45) is 0. The van der Waals surface area contributed by atoms with Gasteiger partial charge in [-0.25, -0.2) is 8.78 Å². The van der Waals surface area contributed by atoms with Gasteiger partial charge in [-0.1, -0.05) is 0 Å². The number of hydrogen-bond acceptors (Lipinski definition) is 2. The van der Waals surface area contributed by atoms with Crippen LogP contribution >= 0.6 is 0 Å². The molecule has 0 radical (unpaired) electrons. The van der Waals surface area contributed by atoms with Gasteiger partial charge in [-0.15, -0.1) is 0 Å². The van der Waals surface area contributed by atoms with Crippen molar-refractivity contribution in [3.8, 4) is 0 Å². The van der Waals surface area contributed by atoms with E-state index in [1.54, 1.807) is 0 Å². The standard InChI is InChI=1S/C10H11F2NO/c11-8-3-7(4-9(12)5-8)10-6-14-2-1-13-10/h3-5,10,13H,1-2,6H2/t10-/m0/s1. The van der Waals surface area contributed by atoms with Crippen LogP contribution in [0.1, 0.15) is 11.6 Å². The summed E-state index contributed by atoms with van der Waals surface area (Å²) in [6, 6.07) is 3.42. The average molecular weight is 199 g/mol. The number of rotatable bonds is 1. The van der Waals surface area contributed by atoms with Gasteiger partial charge in [0.15, 0.2) is 0 Å². The number of nitrogens with one attached hydrogen (secondary N) is 1. The molecule has 1 aromatic rings. The molecule has 2 nitrogen and oxygen atoms in total. The zero-order chi connectivity index (χ0) is 9.97. The van der Waals surface area contributed by atoms with E-state index in [0.29, 0.717) is 25.3 Å². The van der Waals surface area contributed by atoms with Crippen LogP contribution in [0.2, 0.25) is 0 Å². The fourth-order valence-corrected chi connectivity index (χ4v) is 1.56. The predicted molar refractivity (Wildman–Crippen MR) is 47.9 cm³/mol. The van der Waals surface area contributed by atoms with Crippen molar-refractivity contribution in [1.82, 2.24) is 5.32 Å². The zero-order valence-electron chi connectivity index (χ0n) is 7.59. The molecule has 1 aliphatic heterocycles. The lowest BCUT2D eigenvalue weighted by Gasteiger charge is -2.24. The van der Waals surface area contributed by atoms with Gasteiger partial charge in [0.25, 0.3) is 0 Å². The highest BCUT2D eigenvalue weighted by Crippen LogP contribution is 2.18. The van der Waals surface area contributed by atoms with Gasteiger partial charge < -0.3 is 10.1 Å². The van der Waals surface area contributed by atoms with Crippen molar-refractivity contribution >= 4 is 0 Å². The van der Waals surface area contributed by atoms with Crippen molar-refractivity contribution in [2.75, 3.05) is 19.8 Å². The molecule has 1 N–H and O–H groups in total. The van der Waals surface area contributed by atoms with Crippen LogP contribution in [0.5, 0.6) is 0 Å². The van der Waals surface area contributed by atoms with Crippen LogP contribution in [-0.4, -0.2) is 19.8 Å². The maximum Gasteiger partial charge on any atom is 0.126 e. The normalized spacial score (nSPS) is 22.3. The first-order valence-corrected chi connectivity index (χ1v) is 4.53. The average Bonchev–Trinajstić information content (AvgIpc) is 2.18. The van der Waals surface area contributed by atoms with Gasteiger partial charge in [-0.3, -0.25) is 0 Å². The second-order valence-electron chi connectivity index (χ2n) is 3.28. The quantitative estimate of drug-likeness (QED) is 0.742. The first-order valence-electron chi connectivity index (χ1n) is 4.53. The molecule has 0 bridgehead atoms. The first-order chi connectivity index (χ1) is 6.75. The van der Waals surface area contributed by atoms with Crippen LogP contribution < -0.4 is 5.32 Å². The number of halogens is 2. The molecule has 1 fully saturated rings. The molecule has 1 saturated heterocycles. The third kappa shape index (κ3) is 2.08. The molecular formula is C10H11F2NO. The molecule has 0 aliphatic carbocycles. The molecule has 4 heteroatoms. The molecular weight excluding hydrogens is 188 g/mol. The Kier molecular flexibility index (Phi) is 2.74.